The molecular weight excluding hydrogens is 260 g/mol. The Hall–Kier alpha value is -1.58. The summed E-state index contributed by atoms with van der Waals surface area (Å²) >= 11 is 0. The summed E-state index contributed by atoms with van der Waals surface area (Å²) in [5.74, 6) is 1.10. The molecule has 0 amide bonds. The summed E-state index contributed by atoms with van der Waals surface area (Å²) in [4.78, 5) is 2.33. The van der Waals surface area contributed by atoms with E-state index < -0.39 is 0 Å². The van der Waals surface area contributed by atoms with Crippen LogP contribution in [0, 0.1) is 0 Å². The minimum Gasteiger partial charge on any atom is -0.468 e. The van der Waals surface area contributed by atoms with E-state index in [0.29, 0.717) is 0 Å². The lowest BCUT2D eigenvalue weighted by molar-refractivity contribution is 0.296. The SMILES string of the molecule is CN(CCc1ccccc1)Cc1occc1CNC1CC1. The topological polar surface area (TPSA) is 28.4 Å². The van der Waals surface area contributed by atoms with Crippen LogP contribution in [0.15, 0.2) is 47.1 Å². The van der Waals surface area contributed by atoms with Crippen LogP contribution in [0.2, 0.25) is 0 Å². The molecule has 2 aromatic rings. The number of nitrogens with one attached hydrogen (secondary N) is 1. The van der Waals surface area contributed by atoms with Gasteiger partial charge < -0.3 is 9.73 Å². The van der Waals surface area contributed by atoms with E-state index in [0.717, 1.165) is 37.9 Å². The Morgan fingerprint density at radius 3 is 2.76 bits per heavy atom. The minimum atomic E-state index is 0.739. The number of likely N-dealkylation sites (N-methyl/N-ethyl adjacent to an activating group) is 1. The van der Waals surface area contributed by atoms with Crippen molar-refractivity contribution in [3.8, 4) is 0 Å². The van der Waals surface area contributed by atoms with Crippen molar-refractivity contribution in [1.29, 1.82) is 0 Å². The lowest BCUT2D eigenvalue weighted by Gasteiger charge is -2.16. The van der Waals surface area contributed by atoms with Crippen LogP contribution in [0.5, 0.6) is 0 Å². The zero-order valence-electron chi connectivity index (χ0n) is 12.7. The first-order valence-electron chi connectivity index (χ1n) is 7.82. The van der Waals surface area contributed by atoms with Gasteiger partial charge >= 0.3 is 0 Å². The van der Waals surface area contributed by atoms with E-state index in [-0.39, 0.29) is 0 Å². The Balaban J connectivity index is 1.47. The van der Waals surface area contributed by atoms with Crippen molar-refractivity contribution in [3.05, 3.63) is 59.5 Å². The fourth-order valence-corrected chi connectivity index (χ4v) is 2.49. The van der Waals surface area contributed by atoms with Crippen LogP contribution < -0.4 is 5.32 Å². The van der Waals surface area contributed by atoms with Gasteiger partial charge in [0.15, 0.2) is 0 Å². The summed E-state index contributed by atoms with van der Waals surface area (Å²) < 4.78 is 5.66. The largest absolute Gasteiger partial charge is 0.468 e. The van der Waals surface area contributed by atoms with Crippen molar-refractivity contribution in [2.45, 2.75) is 38.4 Å². The van der Waals surface area contributed by atoms with Gasteiger partial charge in [0.2, 0.25) is 0 Å². The fourth-order valence-electron chi connectivity index (χ4n) is 2.49. The van der Waals surface area contributed by atoms with Crippen LogP contribution in [0.4, 0.5) is 0 Å². The van der Waals surface area contributed by atoms with Crippen LogP contribution in [-0.2, 0) is 19.5 Å². The quantitative estimate of drug-likeness (QED) is 0.807. The number of furan rings is 1. The minimum absolute atomic E-state index is 0.739. The molecule has 0 aliphatic heterocycles. The van der Waals surface area contributed by atoms with Crippen molar-refractivity contribution >= 4 is 0 Å². The second-order valence-corrected chi connectivity index (χ2v) is 6.00. The third-order valence-corrected chi connectivity index (χ3v) is 4.03. The Labute approximate surface area is 127 Å². The molecule has 1 aliphatic carbocycles. The number of benzene rings is 1. The Morgan fingerprint density at radius 1 is 1.19 bits per heavy atom. The molecule has 112 valence electrons. The van der Waals surface area contributed by atoms with Gasteiger partial charge in [0.25, 0.3) is 0 Å². The van der Waals surface area contributed by atoms with Gasteiger partial charge in [-0.05, 0) is 37.9 Å². The van der Waals surface area contributed by atoms with Crippen molar-refractivity contribution in [1.82, 2.24) is 10.2 Å². The molecule has 3 nitrogen and oxygen atoms in total. The van der Waals surface area contributed by atoms with Gasteiger partial charge in [-0.3, -0.25) is 4.90 Å². The lowest BCUT2D eigenvalue weighted by Crippen LogP contribution is -2.22. The number of hydrogen-bond acceptors (Lipinski definition) is 3. The van der Waals surface area contributed by atoms with Gasteiger partial charge in [0.05, 0.1) is 12.8 Å². The zero-order chi connectivity index (χ0) is 14.5. The van der Waals surface area contributed by atoms with Crippen molar-refractivity contribution < 1.29 is 4.42 Å². The van der Waals surface area contributed by atoms with E-state index in [1.165, 1.54) is 24.0 Å². The average Bonchev–Trinajstić information content (AvgIpc) is 3.24. The maximum atomic E-state index is 5.66. The second kappa shape index (κ2) is 6.92. The lowest BCUT2D eigenvalue weighted by atomic mass is 10.1. The van der Waals surface area contributed by atoms with Gasteiger partial charge in [-0.25, -0.2) is 0 Å². The molecule has 3 rings (SSSR count). The number of hydrogen-bond donors (Lipinski definition) is 1. The first-order chi connectivity index (χ1) is 10.3. The molecular formula is C18H24N2O. The van der Waals surface area contributed by atoms with Crippen molar-refractivity contribution in [3.63, 3.8) is 0 Å². The second-order valence-electron chi connectivity index (χ2n) is 6.00. The highest BCUT2D eigenvalue weighted by atomic mass is 16.3. The third kappa shape index (κ3) is 4.45. The monoisotopic (exact) mass is 284 g/mol. The van der Waals surface area contributed by atoms with E-state index in [1.807, 2.05) is 6.26 Å². The van der Waals surface area contributed by atoms with Crippen LogP contribution in [0.3, 0.4) is 0 Å². The molecule has 0 bridgehead atoms. The molecule has 0 radical (unpaired) electrons. The predicted molar refractivity (Wildman–Crippen MR) is 85.0 cm³/mol. The fraction of sp³-hybridized carbons (Fsp3) is 0.444. The van der Waals surface area contributed by atoms with E-state index >= 15 is 0 Å². The van der Waals surface area contributed by atoms with Crippen molar-refractivity contribution in [2.24, 2.45) is 0 Å². The van der Waals surface area contributed by atoms with E-state index in [2.05, 4.69) is 53.7 Å². The molecule has 3 heteroatoms. The van der Waals surface area contributed by atoms with Crippen LogP contribution in [0.25, 0.3) is 0 Å². The molecule has 1 aromatic carbocycles. The normalized spacial score (nSPS) is 14.8. The summed E-state index contributed by atoms with van der Waals surface area (Å²) in [6, 6.07) is 13.5. The van der Waals surface area contributed by atoms with Gasteiger partial charge in [-0.1, -0.05) is 30.3 Å². The molecule has 21 heavy (non-hydrogen) atoms. The first kappa shape index (κ1) is 14.4. The third-order valence-electron chi connectivity index (χ3n) is 4.03. The van der Waals surface area contributed by atoms with Crippen LogP contribution in [-0.4, -0.2) is 24.5 Å². The van der Waals surface area contributed by atoms with E-state index in [4.69, 9.17) is 4.42 Å². The highest BCUT2D eigenvalue weighted by Crippen LogP contribution is 2.20. The molecule has 1 aromatic heterocycles. The highest BCUT2D eigenvalue weighted by Gasteiger charge is 2.21. The van der Waals surface area contributed by atoms with Crippen LogP contribution in [0.1, 0.15) is 29.7 Å². The van der Waals surface area contributed by atoms with Gasteiger partial charge in [-0.2, -0.15) is 0 Å². The summed E-state index contributed by atoms with van der Waals surface area (Å²) in [7, 11) is 2.16. The average molecular weight is 284 g/mol. The van der Waals surface area contributed by atoms with Crippen molar-refractivity contribution in [2.75, 3.05) is 13.6 Å². The van der Waals surface area contributed by atoms with E-state index in [1.54, 1.807) is 0 Å². The molecule has 1 fully saturated rings. The highest BCUT2D eigenvalue weighted by molar-refractivity contribution is 5.18. The molecule has 0 atom stereocenters. The summed E-state index contributed by atoms with van der Waals surface area (Å²) in [5.41, 5.74) is 2.69. The number of rotatable bonds is 8. The smallest absolute Gasteiger partial charge is 0.122 e. The molecule has 0 saturated heterocycles. The maximum absolute atomic E-state index is 5.66. The Kier molecular flexibility index (Phi) is 4.73. The Morgan fingerprint density at radius 2 is 2.00 bits per heavy atom. The summed E-state index contributed by atoms with van der Waals surface area (Å²) in [6.45, 7) is 2.85. The molecule has 0 spiro atoms. The molecule has 1 saturated carbocycles. The number of nitrogens with zero attached hydrogens (tertiary/aromatic N) is 1. The molecule has 1 heterocycles. The summed E-state index contributed by atoms with van der Waals surface area (Å²) in [5, 5.41) is 3.55. The van der Waals surface area contributed by atoms with Gasteiger partial charge in [0, 0.05) is 24.7 Å². The molecule has 1 N–H and O–H groups in total. The predicted octanol–water partition coefficient (Wildman–Crippen LogP) is 3.21. The van der Waals surface area contributed by atoms with Gasteiger partial charge in [0.1, 0.15) is 5.76 Å². The zero-order valence-corrected chi connectivity index (χ0v) is 12.7. The first-order valence-corrected chi connectivity index (χ1v) is 7.82. The van der Waals surface area contributed by atoms with Gasteiger partial charge in [-0.15, -0.1) is 0 Å². The van der Waals surface area contributed by atoms with Crippen LogP contribution >= 0.6 is 0 Å². The summed E-state index contributed by atoms with van der Waals surface area (Å²) in [6.07, 6.45) is 5.53. The standard InChI is InChI=1S/C18H24N2O/c1-20(11-9-15-5-3-2-4-6-15)14-18-16(10-12-21-18)13-19-17-7-8-17/h2-6,10,12,17,19H,7-9,11,13-14H2,1H3. The maximum Gasteiger partial charge on any atom is 0.122 e. The molecule has 0 unspecified atom stereocenters. The van der Waals surface area contributed by atoms with E-state index in [9.17, 15) is 0 Å². The molecule has 1 aliphatic rings. The Bertz CT molecular complexity index is 545.